The SMILES string of the molecule is C=CCn1c(-c2ccccc2)nn(C[NH+]2CCN(c3cccc[nH+]3)CC2)c1=S. The molecule has 6 nitrogen and oxygen atoms in total. The van der Waals surface area contributed by atoms with E-state index in [9.17, 15) is 0 Å². The van der Waals surface area contributed by atoms with Gasteiger partial charge in [-0.05, 0) is 18.3 Å². The third kappa shape index (κ3) is 3.90. The molecule has 0 amide bonds. The summed E-state index contributed by atoms with van der Waals surface area (Å²) in [4.78, 5) is 7.21. The quantitative estimate of drug-likeness (QED) is 0.508. The Hall–Kier alpha value is -2.77. The van der Waals surface area contributed by atoms with E-state index in [0.717, 1.165) is 49.0 Å². The van der Waals surface area contributed by atoms with Crippen LogP contribution in [0, 0.1) is 4.77 Å². The number of nitrogens with one attached hydrogen (secondary N) is 2. The summed E-state index contributed by atoms with van der Waals surface area (Å²) in [7, 11) is 0. The van der Waals surface area contributed by atoms with Crippen molar-refractivity contribution in [1.29, 1.82) is 0 Å². The van der Waals surface area contributed by atoms with Gasteiger partial charge in [0.1, 0.15) is 26.2 Å². The number of benzene rings is 1. The van der Waals surface area contributed by atoms with Crippen molar-refractivity contribution in [1.82, 2.24) is 14.3 Å². The Kier molecular flexibility index (Phi) is 5.64. The third-order valence-electron chi connectivity index (χ3n) is 5.14. The van der Waals surface area contributed by atoms with E-state index in [0.29, 0.717) is 6.54 Å². The second-order valence-corrected chi connectivity index (χ2v) is 7.38. The number of anilines is 1. The fourth-order valence-corrected chi connectivity index (χ4v) is 3.92. The number of pyridine rings is 1. The highest BCUT2D eigenvalue weighted by Crippen LogP contribution is 2.17. The van der Waals surface area contributed by atoms with Crippen LogP contribution in [0.1, 0.15) is 0 Å². The molecule has 28 heavy (non-hydrogen) atoms. The van der Waals surface area contributed by atoms with Crippen LogP contribution < -0.4 is 14.8 Å². The highest BCUT2D eigenvalue weighted by atomic mass is 32.1. The molecular weight excluding hydrogens is 368 g/mol. The van der Waals surface area contributed by atoms with Crippen LogP contribution in [0.3, 0.4) is 0 Å². The van der Waals surface area contributed by atoms with Crippen molar-refractivity contribution < 1.29 is 9.88 Å². The number of H-pyrrole nitrogens is 1. The van der Waals surface area contributed by atoms with Crippen LogP contribution >= 0.6 is 12.2 Å². The van der Waals surface area contributed by atoms with Crippen molar-refractivity contribution in [3.63, 3.8) is 0 Å². The molecule has 0 unspecified atom stereocenters. The highest BCUT2D eigenvalue weighted by Gasteiger charge is 2.26. The van der Waals surface area contributed by atoms with Gasteiger partial charge >= 0.3 is 0 Å². The zero-order chi connectivity index (χ0) is 19.3. The van der Waals surface area contributed by atoms with Crippen molar-refractivity contribution in [2.75, 3.05) is 31.1 Å². The van der Waals surface area contributed by atoms with Crippen molar-refractivity contribution in [2.24, 2.45) is 0 Å². The standard InChI is InChI=1S/C21H24N6S/c1-2-12-26-20(18-8-4-3-5-9-18)23-27(21(26)28)17-24-13-15-25(16-14-24)19-10-6-7-11-22-19/h2-11H,1,12-17H2/p+2. The van der Waals surface area contributed by atoms with Crippen LogP contribution in [0.25, 0.3) is 11.4 Å². The van der Waals surface area contributed by atoms with E-state index in [1.54, 1.807) is 0 Å². The summed E-state index contributed by atoms with van der Waals surface area (Å²) in [5, 5.41) is 4.86. The first-order valence-electron chi connectivity index (χ1n) is 9.65. The topological polar surface area (TPSA) is 44.6 Å². The number of hydrogen-bond acceptors (Lipinski definition) is 3. The minimum Gasteiger partial charge on any atom is -0.310 e. The van der Waals surface area contributed by atoms with Gasteiger partial charge < -0.3 is 4.90 Å². The molecule has 2 N–H and O–H groups in total. The van der Waals surface area contributed by atoms with Crippen LogP contribution in [0.15, 0.2) is 67.4 Å². The molecule has 3 heterocycles. The second kappa shape index (κ2) is 8.50. The first-order chi connectivity index (χ1) is 13.8. The molecule has 0 aliphatic carbocycles. The van der Waals surface area contributed by atoms with Gasteiger partial charge in [-0.3, -0.25) is 9.47 Å². The molecule has 1 aliphatic rings. The van der Waals surface area contributed by atoms with E-state index in [1.807, 2.05) is 41.2 Å². The lowest BCUT2D eigenvalue weighted by atomic mass is 10.2. The van der Waals surface area contributed by atoms with Crippen LogP contribution in [-0.2, 0) is 13.2 Å². The molecule has 0 spiro atoms. The van der Waals surface area contributed by atoms with Crippen molar-refractivity contribution in [3.8, 4) is 11.4 Å². The van der Waals surface area contributed by atoms with Gasteiger partial charge in [-0.1, -0.05) is 42.5 Å². The highest BCUT2D eigenvalue weighted by molar-refractivity contribution is 7.71. The van der Waals surface area contributed by atoms with Gasteiger partial charge in [0.2, 0.25) is 4.77 Å². The van der Waals surface area contributed by atoms with Crippen LogP contribution in [0.2, 0.25) is 0 Å². The average Bonchev–Trinajstić information content (AvgIpc) is 3.06. The zero-order valence-electron chi connectivity index (χ0n) is 15.9. The maximum atomic E-state index is 5.73. The third-order valence-corrected chi connectivity index (χ3v) is 5.57. The Labute approximate surface area is 170 Å². The van der Waals surface area contributed by atoms with Crippen molar-refractivity contribution in [3.05, 3.63) is 72.2 Å². The number of aromatic nitrogens is 4. The number of nitrogens with zero attached hydrogens (tertiary/aromatic N) is 4. The summed E-state index contributed by atoms with van der Waals surface area (Å²) >= 11 is 5.73. The molecule has 0 radical (unpaired) electrons. The minimum atomic E-state index is 0.663. The maximum Gasteiger partial charge on any atom is 0.274 e. The Bertz CT molecular complexity index is 971. The lowest BCUT2D eigenvalue weighted by Gasteiger charge is -2.27. The van der Waals surface area contributed by atoms with Gasteiger partial charge in [0, 0.05) is 18.2 Å². The van der Waals surface area contributed by atoms with Gasteiger partial charge in [0.25, 0.3) is 5.82 Å². The number of allylic oxidation sites excluding steroid dienone is 1. The number of rotatable bonds is 6. The first kappa shape index (κ1) is 18.6. The predicted octanol–water partition coefficient (Wildman–Crippen LogP) is 1.44. The van der Waals surface area contributed by atoms with E-state index >= 15 is 0 Å². The molecule has 144 valence electrons. The molecule has 2 aromatic heterocycles. The lowest BCUT2D eigenvalue weighted by molar-refractivity contribution is -0.924. The number of piperazine rings is 1. The summed E-state index contributed by atoms with van der Waals surface area (Å²) in [5.74, 6) is 2.09. The first-order valence-corrected chi connectivity index (χ1v) is 10.1. The van der Waals surface area contributed by atoms with E-state index in [2.05, 4.69) is 45.3 Å². The van der Waals surface area contributed by atoms with Gasteiger partial charge in [-0.2, -0.15) is 4.68 Å². The number of aromatic amines is 1. The number of quaternary nitrogens is 1. The lowest BCUT2D eigenvalue weighted by Crippen LogP contribution is -3.14. The molecule has 0 saturated carbocycles. The fourth-order valence-electron chi connectivity index (χ4n) is 3.65. The predicted molar refractivity (Wildman–Crippen MR) is 113 cm³/mol. The van der Waals surface area contributed by atoms with Crippen LogP contribution in [0.4, 0.5) is 5.82 Å². The number of hydrogen-bond donors (Lipinski definition) is 1. The Morgan fingerprint density at radius 2 is 1.86 bits per heavy atom. The fraction of sp³-hybridized carbons (Fsp3) is 0.286. The molecule has 1 fully saturated rings. The summed E-state index contributed by atoms with van der Waals surface area (Å²) in [5.41, 5.74) is 1.08. The maximum absolute atomic E-state index is 5.73. The molecule has 7 heteroatoms. The van der Waals surface area contributed by atoms with E-state index in [1.165, 1.54) is 10.7 Å². The normalized spacial score (nSPS) is 14.9. The van der Waals surface area contributed by atoms with E-state index < -0.39 is 0 Å². The molecule has 1 aliphatic heterocycles. The second-order valence-electron chi connectivity index (χ2n) is 7.01. The summed E-state index contributed by atoms with van der Waals surface area (Å²) < 4.78 is 4.79. The zero-order valence-corrected chi connectivity index (χ0v) is 16.7. The van der Waals surface area contributed by atoms with E-state index in [-0.39, 0.29) is 0 Å². The van der Waals surface area contributed by atoms with Crippen LogP contribution in [0.5, 0.6) is 0 Å². The Morgan fingerprint density at radius 3 is 2.54 bits per heavy atom. The van der Waals surface area contributed by atoms with Crippen LogP contribution in [-0.4, -0.2) is 40.5 Å². The summed E-state index contributed by atoms with van der Waals surface area (Å²) in [6, 6.07) is 16.4. The van der Waals surface area contributed by atoms with Gasteiger partial charge in [-0.15, -0.1) is 11.7 Å². The molecular formula is C21H26N6S+2. The molecule has 0 atom stereocenters. The van der Waals surface area contributed by atoms with Gasteiger partial charge in [0.05, 0.1) is 6.20 Å². The molecule has 0 bridgehead atoms. The molecule has 1 aromatic carbocycles. The average molecular weight is 395 g/mol. The van der Waals surface area contributed by atoms with Crippen molar-refractivity contribution in [2.45, 2.75) is 13.2 Å². The molecule has 1 saturated heterocycles. The van der Waals surface area contributed by atoms with Crippen molar-refractivity contribution >= 4 is 18.0 Å². The Morgan fingerprint density at radius 1 is 1.11 bits per heavy atom. The monoisotopic (exact) mass is 394 g/mol. The van der Waals surface area contributed by atoms with Gasteiger partial charge in [0.15, 0.2) is 12.5 Å². The Balaban J connectivity index is 1.50. The van der Waals surface area contributed by atoms with Gasteiger partial charge in [-0.25, -0.2) is 4.98 Å². The van der Waals surface area contributed by atoms with E-state index in [4.69, 9.17) is 17.3 Å². The molecule has 3 aromatic rings. The smallest absolute Gasteiger partial charge is 0.274 e. The summed E-state index contributed by atoms with van der Waals surface area (Å²) in [6.45, 7) is 9.47. The largest absolute Gasteiger partial charge is 0.310 e. The minimum absolute atomic E-state index is 0.663. The molecule has 4 rings (SSSR count). The summed E-state index contributed by atoms with van der Waals surface area (Å²) in [6.07, 6.45) is 3.85.